The first-order valence-electron chi connectivity index (χ1n) is 5.70. The molecule has 94 valence electrons. The number of benzene rings is 1. The van der Waals surface area contributed by atoms with Gasteiger partial charge in [0, 0.05) is 17.5 Å². The van der Waals surface area contributed by atoms with Crippen LogP contribution in [0.25, 0.3) is 0 Å². The molecule has 0 atom stereocenters. The van der Waals surface area contributed by atoms with Crippen LogP contribution in [0.2, 0.25) is 0 Å². The van der Waals surface area contributed by atoms with E-state index in [0.29, 0.717) is 18.0 Å². The van der Waals surface area contributed by atoms with E-state index in [1.54, 1.807) is 0 Å². The summed E-state index contributed by atoms with van der Waals surface area (Å²) in [4.78, 5) is 15.9. The molecule has 0 aliphatic rings. The number of aryl methyl sites for hydroxylation is 2. The van der Waals surface area contributed by atoms with Crippen molar-refractivity contribution < 1.29 is 4.79 Å². The zero-order valence-corrected chi connectivity index (χ0v) is 11.0. The summed E-state index contributed by atoms with van der Waals surface area (Å²) >= 11 is 1.44. The Hall–Kier alpha value is -1.88. The smallest absolute Gasteiger partial charge is 0.226 e. The third kappa shape index (κ3) is 3.56. The van der Waals surface area contributed by atoms with Crippen LogP contribution in [0.1, 0.15) is 17.7 Å². The number of nitrogens with zero attached hydrogens (tertiary/aromatic N) is 1. The lowest BCUT2D eigenvalue weighted by Gasteiger charge is -2.03. The van der Waals surface area contributed by atoms with Crippen LogP contribution >= 0.6 is 11.3 Å². The van der Waals surface area contributed by atoms with Crippen LogP contribution in [0.4, 0.5) is 10.8 Å². The molecule has 5 heteroatoms. The number of nitrogens with one attached hydrogen (secondary N) is 1. The fourth-order valence-corrected chi connectivity index (χ4v) is 2.30. The molecule has 0 fully saturated rings. The molecule has 0 saturated heterocycles. The summed E-state index contributed by atoms with van der Waals surface area (Å²) in [5.74, 6) is -0.0215. The van der Waals surface area contributed by atoms with Crippen molar-refractivity contribution in [3.05, 3.63) is 40.9 Å². The van der Waals surface area contributed by atoms with E-state index in [-0.39, 0.29) is 5.91 Å². The Labute approximate surface area is 110 Å². The first-order valence-corrected chi connectivity index (χ1v) is 6.58. The second-order valence-electron chi connectivity index (χ2n) is 4.09. The van der Waals surface area contributed by atoms with Gasteiger partial charge < -0.3 is 11.1 Å². The lowest BCUT2D eigenvalue weighted by atomic mass is 10.1. The maximum absolute atomic E-state index is 11.7. The third-order valence-corrected chi connectivity index (χ3v) is 3.33. The first-order chi connectivity index (χ1) is 8.63. The molecule has 0 bridgehead atoms. The predicted octanol–water partition coefficient (Wildman–Crippen LogP) is 2.61. The van der Waals surface area contributed by atoms with E-state index in [1.807, 2.05) is 36.6 Å². The Morgan fingerprint density at radius 3 is 3.00 bits per heavy atom. The lowest BCUT2D eigenvalue weighted by molar-refractivity contribution is -0.116. The van der Waals surface area contributed by atoms with Crippen molar-refractivity contribution in [1.82, 2.24) is 4.98 Å². The molecule has 1 heterocycles. The molecule has 2 aromatic rings. The molecule has 0 aliphatic carbocycles. The van der Waals surface area contributed by atoms with Crippen LogP contribution in [0.15, 0.2) is 29.6 Å². The maximum atomic E-state index is 11.7. The zero-order valence-electron chi connectivity index (χ0n) is 10.1. The number of amides is 1. The molecule has 0 saturated carbocycles. The molecule has 0 aliphatic heterocycles. The summed E-state index contributed by atoms with van der Waals surface area (Å²) in [6, 6.07) is 7.59. The third-order valence-electron chi connectivity index (χ3n) is 2.46. The van der Waals surface area contributed by atoms with Crippen molar-refractivity contribution in [3.8, 4) is 0 Å². The summed E-state index contributed by atoms with van der Waals surface area (Å²) < 4.78 is 0. The van der Waals surface area contributed by atoms with E-state index >= 15 is 0 Å². The number of thiazole rings is 1. The highest BCUT2D eigenvalue weighted by molar-refractivity contribution is 7.13. The van der Waals surface area contributed by atoms with Gasteiger partial charge in [-0.05, 0) is 31.0 Å². The van der Waals surface area contributed by atoms with Crippen LogP contribution in [0.5, 0.6) is 0 Å². The molecule has 1 aromatic carbocycles. The average Bonchev–Trinajstić information content (AvgIpc) is 2.72. The van der Waals surface area contributed by atoms with E-state index in [0.717, 1.165) is 16.9 Å². The van der Waals surface area contributed by atoms with E-state index in [4.69, 9.17) is 5.73 Å². The van der Waals surface area contributed by atoms with Gasteiger partial charge in [-0.1, -0.05) is 12.1 Å². The van der Waals surface area contributed by atoms with Gasteiger partial charge in [0.05, 0.1) is 5.69 Å². The van der Waals surface area contributed by atoms with E-state index in [2.05, 4.69) is 10.3 Å². The molecule has 18 heavy (non-hydrogen) atoms. The van der Waals surface area contributed by atoms with Crippen LogP contribution in [-0.4, -0.2) is 10.9 Å². The van der Waals surface area contributed by atoms with Crippen LogP contribution in [0.3, 0.4) is 0 Å². The number of nitrogens with two attached hydrogens (primary N) is 1. The summed E-state index contributed by atoms with van der Waals surface area (Å²) in [5.41, 5.74) is 8.40. The van der Waals surface area contributed by atoms with Crippen LogP contribution in [-0.2, 0) is 11.2 Å². The Bertz CT molecular complexity index is 551. The molecule has 0 spiro atoms. The summed E-state index contributed by atoms with van der Waals surface area (Å²) in [7, 11) is 0. The Morgan fingerprint density at radius 1 is 1.50 bits per heavy atom. The largest absolute Gasteiger partial charge is 0.399 e. The average molecular weight is 261 g/mol. The number of hydrogen-bond acceptors (Lipinski definition) is 4. The quantitative estimate of drug-likeness (QED) is 0.831. The fraction of sp³-hybridized carbons (Fsp3) is 0.231. The predicted molar refractivity (Wildman–Crippen MR) is 74.7 cm³/mol. The second-order valence-corrected chi connectivity index (χ2v) is 4.95. The minimum atomic E-state index is -0.0215. The number of carbonyl (C=O) groups is 1. The van der Waals surface area contributed by atoms with Gasteiger partial charge in [-0.15, -0.1) is 11.3 Å². The van der Waals surface area contributed by atoms with E-state index < -0.39 is 0 Å². The molecular weight excluding hydrogens is 246 g/mol. The Kier molecular flexibility index (Phi) is 3.94. The number of aromatic nitrogens is 1. The van der Waals surface area contributed by atoms with E-state index in [1.165, 1.54) is 11.3 Å². The molecule has 0 radical (unpaired) electrons. The second kappa shape index (κ2) is 5.64. The molecule has 3 N–H and O–H groups in total. The van der Waals surface area contributed by atoms with Crippen molar-refractivity contribution in [2.24, 2.45) is 0 Å². The Balaban J connectivity index is 1.85. The normalized spacial score (nSPS) is 10.3. The van der Waals surface area contributed by atoms with Gasteiger partial charge in [0.2, 0.25) is 5.91 Å². The standard InChI is InChI=1S/C13H15N3OS/c1-9-8-18-13(15-9)16-12(17)6-5-10-3-2-4-11(14)7-10/h2-4,7-8H,5-6,14H2,1H3,(H,15,16,17). The highest BCUT2D eigenvalue weighted by Gasteiger charge is 2.05. The maximum Gasteiger partial charge on any atom is 0.226 e. The Morgan fingerprint density at radius 2 is 2.33 bits per heavy atom. The van der Waals surface area contributed by atoms with Gasteiger partial charge >= 0.3 is 0 Å². The number of rotatable bonds is 4. The molecular formula is C13H15N3OS. The van der Waals surface area contributed by atoms with E-state index in [9.17, 15) is 4.79 Å². The first kappa shape index (κ1) is 12.6. The summed E-state index contributed by atoms with van der Waals surface area (Å²) in [6.45, 7) is 1.90. The van der Waals surface area contributed by atoms with Gasteiger partial charge in [-0.2, -0.15) is 0 Å². The van der Waals surface area contributed by atoms with Crippen molar-refractivity contribution in [2.45, 2.75) is 19.8 Å². The summed E-state index contributed by atoms with van der Waals surface area (Å²) in [6.07, 6.45) is 1.11. The number of nitrogen functional groups attached to an aromatic ring is 1. The van der Waals surface area contributed by atoms with Gasteiger partial charge in [-0.3, -0.25) is 4.79 Å². The van der Waals surface area contributed by atoms with Gasteiger partial charge in [0.1, 0.15) is 0 Å². The summed E-state index contributed by atoms with van der Waals surface area (Å²) in [5, 5.41) is 5.35. The topological polar surface area (TPSA) is 68.0 Å². The van der Waals surface area contributed by atoms with Crippen molar-refractivity contribution in [2.75, 3.05) is 11.1 Å². The zero-order chi connectivity index (χ0) is 13.0. The van der Waals surface area contributed by atoms with Crippen molar-refractivity contribution in [3.63, 3.8) is 0 Å². The monoisotopic (exact) mass is 261 g/mol. The SMILES string of the molecule is Cc1csc(NC(=O)CCc2cccc(N)c2)n1. The minimum Gasteiger partial charge on any atom is -0.399 e. The van der Waals surface area contributed by atoms with Gasteiger partial charge in [0.15, 0.2) is 5.13 Å². The highest BCUT2D eigenvalue weighted by Crippen LogP contribution is 2.15. The minimum absolute atomic E-state index is 0.0215. The van der Waals surface area contributed by atoms with Crippen molar-refractivity contribution >= 4 is 28.1 Å². The fourth-order valence-electron chi connectivity index (χ4n) is 1.60. The van der Waals surface area contributed by atoms with Crippen LogP contribution in [0, 0.1) is 6.92 Å². The molecule has 0 unspecified atom stereocenters. The van der Waals surface area contributed by atoms with Gasteiger partial charge in [0.25, 0.3) is 0 Å². The highest BCUT2D eigenvalue weighted by atomic mass is 32.1. The molecule has 4 nitrogen and oxygen atoms in total. The van der Waals surface area contributed by atoms with Gasteiger partial charge in [-0.25, -0.2) is 4.98 Å². The van der Waals surface area contributed by atoms with Crippen molar-refractivity contribution in [1.29, 1.82) is 0 Å². The molecule has 1 aromatic heterocycles. The number of hydrogen-bond donors (Lipinski definition) is 2. The molecule has 2 rings (SSSR count). The number of anilines is 2. The lowest BCUT2D eigenvalue weighted by Crippen LogP contribution is -2.12. The molecule has 1 amide bonds. The van der Waals surface area contributed by atoms with Crippen LogP contribution < -0.4 is 11.1 Å². The number of carbonyl (C=O) groups excluding carboxylic acids is 1.